The molecule has 0 aliphatic rings. The van der Waals surface area contributed by atoms with E-state index in [-0.39, 0.29) is 0 Å². The van der Waals surface area contributed by atoms with Gasteiger partial charge >= 0.3 is 0 Å². The number of nitrogens with zero attached hydrogens (tertiary/aromatic N) is 2. The van der Waals surface area contributed by atoms with Gasteiger partial charge < -0.3 is 10.3 Å². The summed E-state index contributed by atoms with van der Waals surface area (Å²) in [6.07, 6.45) is 0.841. The minimum absolute atomic E-state index is 0.530. The summed E-state index contributed by atoms with van der Waals surface area (Å²) in [5.41, 5.74) is 8.62. The monoisotopic (exact) mass is 265 g/mol. The number of hydrogen-bond donors (Lipinski definition) is 1. The fourth-order valence-electron chi connectivity index (χ4n) is 2.07. The Kier molecular flexibility index (Phi) is 3.56. The predicted molar refractivity (Wildman–Crippen MR) is 77.9 cm³/mol. The van der Waals surface area contributed by atoms with Gasteiger partial charge in [0.1, 0.15) is 0 Å². The first-order valence-corrected chi connectivity index (χ1v) is 6.55. The average Bonchev–Trinajstić information content (AvgIpc) is 2.99. The summed E-state index contributed by atoms with van der Waals surface area (Å²) < 4.78 is 5.35. The summed E-state index contributed by atoms with van der Waals surface area (Å²) >= 11 is 0. The number of nitrogens with two attached hydrogens (primary N) is 1. The molecular weight excluding hydrogens is 250 g/mol. The predicted octanol–water partition coefficient (Wildman–Crippen LogP) is 2.90. The first kappa shape index (κ1) is 12.6. The Balaban J connectivity index is 1.92. The molecule has 3 aromatic rings. The van der Waals surface area contributed by atoms with Gasteiger partial charge in [-0.15, -0.1) is 0 Å². The van der Waals surface area contributed by atoms with Gasteiger partial charge in [-0.25, -0.2) is 0 Å². The van der Waals surface area contributed by atoms with Crippen LogP contribution >= 0.6 is 0 Å². The molecule has 0 spiro atoms. The van der Waals surface area contributed by atoms with Crippen LogP contribution in [-0.2, 0) is 6.42 Å². The van der Waals surface area contributed by atoms with Gasteiger partial charge in [-0.3, -0.25) is 0 Å². The van der Waals surface area contributed by atoms with Crippen molar-refractivity contribution in [1.82, 2.24) is 10.1 Å². The third-order valence-electron chi connectivity index (χ3n) is 3.06. The van der Waals surface area contributed by atoms with Crippen LogP contribution in [0.3, 0.4) is 0 Å². The second-order valence-electron chi connectivity index (χ2n) is 4.53. The zero-order chi connectivity index (χ0) is 13.8. The van der Waals surface area contributed by atoms with Crippen molar-refractivity contribution in [2.75, 3.05) is 6.54 Å². The van der Waals surface area contributed by atoms with Crippen LogP contribution in [0.4, 0.5) is 0 Å². The maximum atomic E-state index is 5.58. The van der Waals surface area contributed by atoms with Crippen molar-refractivity contribution < 1.29 is 4.52 Å². The van der Waals surface area contributed by atoms with E-state index in [0.29, 0.717) is 18.3 Å². The molecule has 0 saturated heterocycles. The van der Waals surface area contributed by atoms with E-state index in [1.165, 1.54) is 5.56 Å². The topological polar surface area (TPSA) is 64.9 Å². The van der Waals surface area contributed by atoms with Crippen molar-refractivity contribution in [3.63, 3.8) is 0 Å². The van der Waals surface area contributed by atoms with Gasteiger partial charge in [-0.05, 0) is 30.7 Å². The van der Waals surface area contributed by atoms with E-state index in [2.05, 4.69) is 10.1 Å². The van der Waals surface area contributed by atoms with Gasteiger partial charge in [0, 0.05) is 11.1 Å². The van der Waals surface area contributed by atoms with E-state index in [9.17, 15) is 0 Å². The molecule has 0 radical (unpaired) electrons. The fourth-order valence-corrected chi connectivity index (χ4v) is 2.07. The Bertz CT molecular complexity index is 692. The maximum absolute atomic E-state index is 5.58. The van der Waals surface area contributed by atoms with Crippen LogP contribution in [0.25, 0.3) is 22.8 Å². The lowest BCUT2D eigenvalue weighted by Crippen LogP contribution is -2.02. The first-order valence-electron chi connectivity index (χ1n) is 6.55. The number of hydrogen-bond acceptors (Lipinski definition) is 4. The normalized spacial score (nSPS) is 10.7. The molecule has 0 atom stereocenters. The Morgan fingerprint density at radius 2 is 1.75 bits per heavy atom. The lowest BCUT2D eigenvalue weighted by Gasteiger charge is -1.99. The van der Waals surface area contributed by atoms with Gasteiger partial charge in [0.05, 0.1) is 0 Å². The zero-order valence-corrected chi connectivity index (χ0v) is 11.0. The highest BCUT2D eigenvalue weighted by atomic mass is 16.5. The molecule has 20 heavy (non-hydrogen) atoms. The number of rotatable bonds is 4. The lowest BCUT2D eigenvalue weighted by atomic mass is 10.1. The van der Waals surface area contributed by atoms with Gasteiger partial charge in [-0.1, -0.05) is 47.6 Å². The molecule has 100 valence electrons. The Morgan fingerprint density at radius 3 is 2.55 bits per heavy atom. The highest BCUT2D eigenvalue weighted by Gasteiger charge is 2.10. The molecule has 2 aromatic carbocycles. The molecule has 1 heterocycles. The zero-order valence-electron chi connectivity index (χ0n) is 11.0. The van der Waals surface area contributed by atoms with Crippen LogP contribution in [0.1, 0.15) is 5.56 Å². The molecule has 0 aliphatic carbocycles. The van der Waals surface area contributed by atoms with E-state index < -0.39 is 0 Å². The SMILES string of the molecule is NCCc1cccc(-c2nc(-c3ccccc3)no2)c1. The quantitative estimate of drug-likeness (QED) is 0.787. The van der Waals surface area contributed by atoms with E-state index in [0.717, 1.165) is 17.5 Å². The van der Waals surface area contributed by atoms with Crippen LogP contribution < -0.4 is 5.73 Å². The van der Waals surface area contributed by atoms with Crippen molar-refractivity contribution >= 4 is 0 Å². The van der Waals surface area contributed by atoms with E-state index in [1.54, 1.807) is 0 Å². The van der Waals surface area contributed by atoms with E-state index in [4.69, 9.17) is 10.3 Å². The summed E-state index contributed by atoms with van der Waals surface area (Å²) in [4.78, 5) is 4.44. The molecule has 0 fully saturated rings. The minimum Gasteiger partial charge on any atom is -0.334 e. The van der Waals surface area contributed by atoms with Gasteiger partial charge in [0.25, 0.3) is 5.89 Å². The second-order valence-corrected chi connectivity index (χ2v) is 4.53. The van der Waals surface area contributed by atoms with E-state index >= 15 is 0 Å². The lowest BCUT2D eigenvalue weighted by molar-refractivity contribution is 0.432. The molecule has 0 aliphatic heterocycles. The van der Waals surface area contributed by atoms with Crippen LogP contribution in [0, 0.1) is 0 Å². The summed E-state index contributed by atoms with van der Waals surface area (Å²) in [5.74, 6) is 1.13. The standard InChI is InChI=1S/C16H15N3O/c17-10-9-12-5-4-8-14(11-12)16-18-15(19-20-16)13-6-2-1-3-7-13/h1-8,11H,9-10,17H2. The maximum Gasteiger partial charge on any atom is 0.258 e. The fraction of sp³-hybridized carbons (Fsp3) is 0.125. The minimum atomic E-state index is 0.530. The molecule has 1 aromatic heterocycles. The number of benzene rings is 2. The molecule has 2 N–H and O–H groups in total. The summed E-state index contributed by atoms with van der Waals surface area (Å²) in [6, 6.07) is 17.8. The molecule has 0 amide bonds. The molecule has 4 heteroatoms. The molecule has 3 rings (SSSR count). The van der Waals surface area contributed by atoms with Crippen molar-refractivity contribution in [2.45, 2.75) is 6.42 Å². The average molecular weight is 265 g/mol. The van der Waals surface area contributed by atoms with Gasteiger partial charge in [-0.2, -0.15) is 4.98 Å². The Morgan fingerprint density at radius 1 is 0.950 bits per heavy atom. The van der Waals surface area contributed by atoms with Crippen LogP contribution in [0.5, 0.6) is 0 Å². The number of aromatic nitrogens is 2. The van der Waals surface area contributed by atoms with Crippen molar-refractivity contribution in [2.24, 2.45) is 5.73 Å². The summed E-state index contributed by atoms with van der Waals surface area (Å²) in [5, 5.41) is 4.03. The second kappa shape index (κ2) is 5.67. The Hall–Kier alpha value is -2.46. The highest BCUT2D eigenvalue weighted by molar-refractivity contribution is 5.60. The van der Waals surface area contributed by atoms with Gasteiger partial charge in [0.2, 0.25) is 5.82 Å². The van der Waals surface area contributed by atoms with Crippen LogP contribution in [-0.4, -0.2) is 16.7 Å². The highest BCUT2D eigenvalue weighted by Crippen LogP contribution is 2.22. The van der Waals surface area contributed by atoms with E-state index in [1.807, 2.05) is 54.6 Å². The van der Waals surface area contributed by atoms with Gasteiger partial charge in [0.15, 0.2) is 0 Å². The molecule has 0 unspecified atom stereocenters. The molecule has 0 bridgehead atoms. The van der Waals surface area contributed by atoms with Crippen molar-refractivity contribution in [3.05, 3.63) is 60.2 Å². The Labute approximate surface area is 117 Å². The molecule has 0 saturated carbocycles. The summed E-state index contributed by atoms with van der Waals surface area (Å²) in [7, 11) is 0. The first-order chi connectivity index (χ1) is 9.86. The van der Waals surface area contributed by atoms with Crippen molar-refractivity contribution in [3.8, 4) is 22.8 Å². The third kappa shape index (κ3) is 2.60. The smallest absolute Gasteiger partial charge is 0.258 e. The summed E-state index contributed by atoms with van der Waals surface area (Å²) in [6.45, 7) is 0.628. The molecular formula is C16H15N3O. The van der Waals surface area contributed by atoms with Crippen LogP contribution in [0.15, 0.2) is 59.1 Å². The van der Waals surface area contributed by atoms with Crippen molar-refractivity contribution in [1.29, 1.82) is 0 Å². The third-order valence-corrected chi connectivity index (χ3v) is 3.06. The molecule has 4 nitrogen and oxygen atoms in total. The van der Waals surface area contributed by atoms with Crippen LogP contribution in [0.2, 0.25) is 0 Å². The largest absolute Gasteiger partial charge is 0.334 e.